The van der Waals surface area contributed by atoms with Crippen LogP contribution in [0.5, 0.6) is 5.75 Å². The molecule has 0 spiro atoms. The van der Waals surface area contributed by atoms with E-state index in [4.69, 9.17) is 0 Å². The highest BCUT2D eigenvalue weighted by molar-refractivity contribution is 7.98. The Balaban J connectivity index is 2.24. The van der Waals surface area contributed by atoms with Crippen molar-refractivity contribution >= 4 is 23.4 Å². The number of hydrogen-bond acceptors (Lipinski definition) is 3. The molecule has 2 aromatic carbocycles. The van der Waals surface area contributed by atoms with Crippen molar-refractivity contribution in [2.24, 2.45) is 0 Å². The SMILES string of the molecule is CSc1ccccc1NC(=O)c1ccccc1O. The Hall–Kier alpha value is -1.94. The summed E-state index contributed by atoms with van der Waals surface area (Å²) < 4.78 is 0. The largest absolute Gasteiger partial charge is 0.507 e. The predicted octanol–water partition coefficient (Wildman–Crippen LogP) is 3.37. The van der Waals surface area contributed by atoms with Crippen LogP contribution in [0.25, 0.3) is 0 Å². The van der Waals surface area contributed by atoms with Crippen LogP contribution in [0, 0.1) is 0 Å². The smallest absolute Gasteiger partial charge is 0.259 e. The molecule has 0 aromatic heterocycles. The van der Waals surface area contributed by atoms with E-state index >= 15 is 0 Å². The first kappa shape index (κ1) is 12.5. The summed E-state index contributed by atoms with van der Waals surface area (Å²) in [6, 6.07) is 14.0. The van der Waals surface area contributed by atoms with Gasteiger partial charge in [0.1, 0.15) is 5.75 Å². The maximum Gasteiger partial charge on any atom is 0.259 e. The molecule has 0 unspecified atom stereocenters. The van der Waals surface area contributed by atoms with Crippen LogP contribution in [-0.4, -0.2) is 17.3 Å². The van der Waals surface area contributed by atoms with Gasteiger partial charge in [-0.1, -0.05) is 24.3 Å². The van der Waals surface area contributed by atoms with E-state index in [2.05, 4.69) is 5.32 Å². The van der Waals surface area contributed by atoms with Gasteiger partial charge in [-0.15, -0.1) is 11.8 Å². The molecule has 1 amide bonds. The van der Waals surface area contributed by atoms with E-state index in [-0.39, 0.29) is 17.2 Å². The van der Waals surface area contributed by atoms with E-state index in [1.54, 1.807) is 30.0 Å². The molecule has 4 heteroatoms. The molecule has 3 nitrogen and oxygen atoms in total. The highest BCUT2D eigenvalue weighted by Crippen LogP contribution is 2.26. The molecular formula is C14H13NO2S. The standard InChI is InChI=1S/C14H13NO2S/c1-18-13-9-5-3-7-11(13)15-14(17)10-6-2-4-8-12(10)16/h2-9,16H,1H3,(H,15,17). The molecule has 0 bridgehead atoms. The number of nitrogens with one attached hydrogen (secondary N) is 1. The van der Waals surface area contributed by atoms with Crippen LogP contribution in [0.4, 0.5) is 5.69 Å². The molecule has 0 saturated carbocycles. The van der Waals surface area contributed by atoms with Gasteiger partial charge >= 0.3 is 0 Å². The number of rotatable bonds is 3. The van der Waals surface area contributed by atoms with Gasteiger partial charge in [-0.05, 0) is 30.5 Å². The maximum absolute atomic E-state index is 12.0. The number of carbonyl (C=O) groups excluding carboxylic acids is 1. The number of aromatic hydroxyl groups is 1. The van der Waals surface area contributed by atoms with Gasteiger partial charge in [0.05, 0.1) is 11.3 Å². The third kappa shape index (κ3) is 2.65. The first-order chi connectivity index (χ1) is 8.72. The first-order valence-electron chi connectivity index (χ1n) is 5.44. The van der Waals surface area contributed by atoms with Crippen molar-refractivity contribution in [3.63, 3.8) is 0 Å². The summed E-state index contributed by atoms with van der Waals surface area (Å²) in [6.45, 7) is 0. The number of carbonyl (C=O) groups is 1. The molecule has 0 aliphatic heterocycles. The number of para-hydroxylation sites is 2. The van der Waals surface area contributed by atoms with Gasteiger partial charge in [-0.2, -0.15) is 0 Å². The molecule has 0 atom stereocenters. The molecule has 0 aliphatic rings. The number of thioether (sulfide) groups is 1. The van der Waals surface area contributed by atoms with Crippen molar-refractivity contribution < 1.29 is 9.90 Å². The van der Waals surface area contributed by atoms with Crippen LogP contribution in [0.15, 0.2) is 53.4 Å². The normalized spacial score (nSPS) is 10.1. The molecule has 0 aliphatic carbocycles. The van der Waals surface area contributed by atoms with Gasteiger partial charge in [0, 0.05) is 4.90 Å². The van der Waals surface area contributed by atoms with E-state index in [1.165, 1.54) is 6.07 Å². The van der Waals surface area contributed by atoms with E-state index in [1.807, 2.05) is 30.5 Å². The average molecular weight is 259 g/mol. The summed E-state index contributed by atoms with van der Waals surface area (Å²) in [5.41, 5.74) is 1.02. The zero-order valence-corrected chi connectivity index (χ0v) is 10.7. The van der Waals surface area contributed by atoms with Crippen molar-refractivity contribution in [1.82, 2.24) is 0 Å². The summed E-state index contributed by atoms with van der Waals surface area (Å²) in [5.74, 6) is -0.328. The minimum absolute atomic E-state index is 0.0170. The van der Waals surface area contributed by atoms with Crippen molar-refractivity contribution in [1.29, 1.82) is 0 Å². The number of anilines is 1. The van der Waals surface area contributed by atoms with E-state index in [9.17, 15) is 9.90 Å². The summed E-state index contributed by atoms with van der Waals surface area (Å²) in [4.78, 5) is 13.0. The van der Waals surface area contributed by atoms with Gasteiger partial charge in [0.15, 0.2) is 0 Å². The van der Waals surface area contributed by atoms with E-state index in [0.29, 0.717) is 0 Å². The summed E-state index contributed by atoms with van der Waals surface area (Å²) in [6.07, 6.45) is 1.95. The molecule has 0 heterocycles. The number of phenolic OH excluding ortho intramolecular Hbond substituents is 1. The summed E-state index contributed by atoms with van der Waals surface area (Å²) >= 11 is 1.56. The fourth-order valence-electron chi connectivity index (χ4n) is 1.60. The van der Waals surface area contributed by atoms with Crippen LogP contribution in [0.1, 0.15) is 10.4 Å². The van der Waals surface area contributed by atoms with Gasteiger partial charge in [0.25, 0.3) is 5.91 Å². The van der Waals surface area contributed by atoms with E-state index in [0.717, 1.165) is 10.6 Å². The molecule has 0 radical (unpaired) electrons. The molecule has 2 aromatic rings. The molecule has 0 fully saturated rings. The molecule has 2 N–H and O–H groups in total. The summed E-state index contributed by atoms with van der Waals surface area (Å²) in [5, 5.41) is 12.4. The second kappa shape index (κ2) is 5.60. The number of benzene rings is 2. The Labute approximate surface area is 110 Å². The average Bonchev–Trinajstić information content (AvgIpc) is 2.39. The Bertz CT molecular complexity index is 569. The van der Waals surface area contributed by atoms with Gasteiger partial charge < -0.3 is 10.4 Å². The summed E-state index contributed by atoms with van der Waals surface area (Å²) in [7, 11) is 0. The lowest BCUT2D eigenvalue weighted by Crippen LogP contribution is -2.12. The minimum atomic E-state index is -0.311. The third-order valence-electron chi connectivity index (χ3n) is 2.50. The molecule has 92 valence electrons. The Kier molecular flexibility index (Phi) is 3.89. The van der Waals surface area contributed by atoms with Crippen LogP contribution < -0.4 is 5.32 Å². The zero-order chi connectivity index (χ0) is 13.0. The van der Waals surface area contributed by atoms with E-state index < -0.39 is 0 Å². The molecule has 2 rings (SSSR count). The monoisotopic (exact) mass is 259 g/mol. The maximum atomic E-state index is 12.0. The number of hydrogen-bond donors (Lipinski definition) is 2. The highest BCUT2D eigenvalue weighted by Gasteiger charge is 2.11. The van der Waals surface area contributed by atoms with Crippen molar-refractivity contribution in [3.8, 4) is 5.75 Å². The van der Waals surface area contributed by atoms with Crippen LogP contribution in [0.2, 0.25) is 0 Å². The van der Waals surface area contributed by atoms with Crippen molar-refractivity contribution in [3.05, 3.63) is 54.1 Å². The lowest BCUT2D eigenvalue weighted by molar-refractivity contribution is 0.102. The first-order valence-corrected chi connectivity index (χ1v) is 6.67. The van der Waals surface area contributed by atoms with Crippen LogP contribution in [0.3, 0.4) is 0 Å². The Morgan fingerprint density at radius 3 is 2.50 bits per heavy atom. The fourth-order valence-corrected chi connectivity index (χ4v) is 2.16. The Morgan fingerprint density at radius 1 is 1.11 bits per heavy atom. The number of phenols is 1. The second-order valence-corrected chi connectivity index (χ2v) is 4.52. The lowest BCUT2D eigenvalue weighted by Gasteiger charge is -2.09. The lowest BCUT2D eigenvalue weighted by atomic mass is 10.2. The highest BCUT2D eigenvalue weighted by atomic mass is 32.2. The van der Waals surface area contributed by atoms with Crippen LogP contribution >= 0.6 is 11.8 Å². The quantitative estimate of drug-likeness (QED) is 0.831. The molecule has 18 heavy (non-hydrogen) atoms. The zero-order valence-electron chi connectivity index (χ0n) is 9.88. The topological polar surface area (TPSA) is 49.3 Å². The molecule has 0 saturated heterocycles. The second-order valence-electron chi connectivity index (χ2n) is 3.67. The van der Waals surface area contributed by atoms with Crippen LogP contribution in [-0.2, 0) is 0 Å². The van der Waals surface area contributed by atoms with Crippen molar-refractivity contribution in [2.45, 2.75) is 4.90 Å². The van der Waals surface area contributed by atoms with Gasteiger partial charge in [0.2, 0.25) is 0 Å². The Morgan fingerprint density at radius 2 is 1.78 bits per heavy atom. The third-order valence-corrected chi connectivity index (χ3v) is 3.30. The van der Waals surface area contributed by atoms with Gasteiger partial charge in [-0.3, -0.25) is 4.79 Å². The van der Waals surface area contributed by atoms with Gasteiger partial charge in [-0.25, -0.2) is 0 Å². The fraction of sp³-hybridized carbons (Fsp3) is 0.0714. The molecular weight excluding hydrogens is 246 g/mol. The minimum Gasteiger partial charge on any atom is -0.507 e. The predicted molar refractivity (Wildman–Crippen MR) is 74.3 cm³/mol. The van der Waals surface area contributed by atoms with Crippen molar-refractivity contribution in [2.75, 3.05) is 11.6 Å². The number of amides is 1.